The molecule has 0 spiro atoms. The van der Waals surface area contributed by atoms with Gasteiger partial charge in [0.1, 0.15) is 11.6 Å². The smallest absolute Gasteiger partial charge is 0.252 e. The van der Waals surface area contributed by atoms with Crippen LogP contribution in [0.15, 0.2) is 10.9 Å². The van der Waals surface area contributed by atoms with Crippen LogP contribution in [0, 0.1) is 6.92 Å². The van der Waals surface area contributed by atoms with Gasteiger partial charge in [-0.3, -0.25) is 4.79 Å². The molecule has 15 heavy (non-hydrogen) atoms. The summed E-state index contributed by atoms with van der Waals surface area (Å²) < 4.78 is 5.00. The Hall–Kier alpha value is -1.36. The van der Waals surface area contributed by atoms with Gasteiger partial charge in [0.15, 0.2) is 0 Å². The van der Waals surface area contributed by atoms with Gasteiger partial charge in [-0.25, -0.2) is 4.98 Å². The molecule has 5 nitrogen and oxygen atoms in total. The van der Waals surface area contributed by atoms with Crippen LogP contribution in [0.1, 0.15) is 12.7 Å². The highest BCUT2D eigenvalue weighted by Crippen LogP contribution is 2.06. The van der Waals surface area contributed by atoms with Crippen molar-refractivity contribution in [1.29, 1.82) is 0 Å². The molecule has 0 bridgehead atoms. The van der Waals surface area contributed by atoms with E-state index in [4.69, 9.17) is 4.74 Å². The minimum Gasteiger partial charge on any atom is -0.383 e. The molecule has 0 unspecified atom stereocenters. The van der Waals surface area contributed by atoms with Crippen molar-refractivity contribution in [3.63, 3.8) is 0 Å². The number of aromatic nitrogens is 2. The first kappa shape index (κ1) is 11.7. The Labute approximate surface area is 89.1 Å². The quantitative estimate of drug-likeness (QED) is 0.772. The Morgan fingerprint density at radius 3 is 2.87 bits per heavy atom. The number of methoxy groups -OCH3 is 1. The van der Waals surface area contributed by atoms with E-state index < -0.39 is 0 Å². The molecule has 0 aromatic carbocycles. The SMILES string of the molecule is CCN(CCOC)c1cc(=O)[nH]c(C)n1. The predicted octanol–water partition coefficient (Wildman–Crippen LogP) is 0.551. The molecule has 5 heteroatoms. The fraction of sp³-hybridized carbons (Fsp3) is 0.600. The van der Waals surface area contributed by atoms with Crippen molar-refractivity contribution in [1.82, 2.24) is 9.97 Å². The molecule has 1 N–H and O–H groups in total. The fourth-order valence-electron chi connectivity index (χ4n) is 1.36. The summed E-state index contributed by atoms with van der Waals surface area (Å²) >= 11 is 0. The number of aromatic amines is 1. The second-order valence-electron chi connectivity index (χ2n) is 3.26. The lowest BCUT2D eigenvalue weighted by molar-refractivity contribution is 0.205. The summed E-state index contributed by atoms with van der Waals surface area (Å²) in [4.78, 5) is 20.2. The summed E-state index contributed by atoms with van der Waals surface area (Å²) in [5, 5.41) is 0. The fourth-order valence-corrected chi connectivity index (χ4v) is 1.36. The number of hydrogen-bond donors (Lipinski definition) is 1. The third-order valence-electron chi connectivity index (χ3n) is 2.12. The first-order valence-corrected chi connectivity index (χ1v) is 4.99. The summed E-state index contributed by atoms with van der Waals surface area (Å²) in [6.45, 7) is 5.96. The highest BCUT2D eigenvalue weighted by atomic mass is 16.5. The summed E-state index contributed by atoms with van der Waals surface area (Å²) in [5.41, 5.74) is -0.117. The molecule has 0 saturated heterocycles. The second kappa shape index (κ2) is 5.50. The van der Waals surface area contributed by atoms with E-state index in [9.17, 15) is 4.79 Å². The largest absolute Gasteiger partial charge is 0.383 e. The number of likely N-dealkylation sites (N-methyl/N-ethyl adjacent to an activating group) is 1. The normalized spacial score (nSPS) is 10.3. The highest BCUT2D eigenvalue weighted by molar-refractivity contribution is 5.36. The molecule has 1 rings (SSSR count). The minimum absolute atomic E-state index is 0.117. The molecule has 1 heterocycles. The molecule has 84 valence electrons. The van der Waals surface area contributed by atoms with Crippen LogP contribution in [0.25, 0.3) is 0 Å². The second-order valence-corrected chi connectivity index (χ2v) is 3.26. The monoisotopic (exact) mass is 211 g/mol. The van der Waals surface area contributed by atoms with Gasteiger partial charge in [-0.15, -0.1) is 0 Å². The van der Waals surface area contributed by atoms with Crippen molar-refractivity contribution in [2.75, 3.05) is 31.7 Å². The van der Waals surface area contributed by atoms with E-state index in [0.717, 1.165) is 13.1 Å². The van der Waals surface area contributed by atoms with E-state index in [-0.39, 0.29) is 5.56 Å². The Bertz CT molecular complexity index is 362. The van der Waals surface area contributed by atoms with Crippen LogP contribution in [0.5, 0.6) is 0 Å². The van der Waals surface area contributed by atoms with E-state index in [0.29, 0.717) is 18.2 Å². The molecule has 0 aliphatic heterocycles. The molecule has 1 aromatic heterocycles. The average Bonchev–Trinajstić information content (AvgIpc) is 2.17. The third-order valence-corrected chi connectivity index (χ3v) is 2.12. The maximum atomic E-state index is 11.3. The van der Waals surface area contributed by atoms with Gasteiger partial charge in [0.05, 0.1) is 6.61 Å². The van der Waals surface area contributed by atoms with Gasteiger partial charge in [0.25, 0.3) is 5.56 Å². The summed E-state index contributed by atoms with van der Waals surface area (Å²) in [5.74, 6) is 1.34. The number of H-pyrrole nitrogens is 1. The van der Waals surface area contributed by atoms with Gasteiger partial charge in [-0.05, 0) is 13.8 Å². The zero-order valence-electron chi connectivity index (χ0n) is 9.41. The molecule has 0 atom stereocenters. The van der Waals surface area contributed by atoms with E-state index in [1.807, 2.05) is 11.8 Å². The van der Waals surface area contributed by atoms with Crippen LogP contribution in [-0.4, -0.2) is 36.8 Å². The molecule has 0 amide bonds. The van der Waals surface area contributed by atoms with E-state index >= 15 is 0 Å². The standard InChI is InChI=1S/C10H17N3O2/c1-4-13(5-6-15-3)9-7-10(14)12-8(2)11-9/h7H,4-6H2,1-3H3,(H,11,12,14). The van der Waals surface area contributed by atoms with Gasteiger partial charge >= 0.3 is 0 Å². The van der Waals surface area contributed by atoms with E-state index in [1.165, 1.54) is 6.07 Å². The summed E-state index contributed by atoms with van der Waals surface area (Å²) in [6.07, 6.45) is 0. The van der Waals surface area contributed by atoms with Crippen molar-refractivity contribution >= 4 is 5.82 Å². The zero-order valence-corrected chi connectivity index (χ0v) is 9.41. The molecule has 0 aliphatic rings. The molecule has 0 radical (unpaired) electrons. The lowest BCUT2D eigenvalue weighted by Crippen LogP contribution is -2.29. The van der Waals surface area contributed by atoms with Gasteiger partial charge in [0.2, 0.25) is 0 Å². The topological polar surface area (TPSA) is 58.2 Å². The molecular formula is C10H17N3O2. The Morgan fingerprint density at radius 2 is 2.33 bits per heavy atom. The van der Waals surface area contributed by atoms with Gasteiger partial charge in [0, 0.05) is 26.3 Å². The van der Waals surface area contributed by atoms with Gasteiger partial charge < -0.3 is 14.6 Å². The van der Waals surface area contributed by atoms with Gasteiger partial charge in [-0.1, -0.05) is 0 Å². The van der Waals surface area contributed by atoms with Crippen LogP contribution >= 0.6 is 0 Å². The van der Waals surface area contributed by atoms with Crippen LogP contribution in [0.3, 0.4) is 0 Å². The van der Waals surface area contributed by atoms with Gasteiger partial charge in [-0.2, -0.15) is 0 Å². The zero-order chi connectivity index (χ0) is 11.3. The summed E-state index contributed by atoms with van der Waals surface area (Å²) in [6, 6.07) is 1.51. The number of nitrogens with one attached hydrogen (secondary N) is 1. The van der Waals surface area contributed by atoms with Crippen LogP contribution in [0.2, 0.25) is 0 Å². The number of aryl methyl sites for hydroxylation is 1. The average molecular weight is 211 g/mol. The van der Waals surface area contributed by atoms with Crippen LogP contribution < -0.4 is 10.5 Å². The first-order chi connectivity index (χ1) is 7.17. The maximum absolute atomic E-state index is 11.3. The number of hydrogen-bond acceptors (Lipinski definition) is 4. The number of ether oxygens (including phenoxy) is 1. The highest BCUT2D eigenvalue weighted by Gasteiger charge is 2.06. The van der Waals surface area contributed by atoms with Crippen molar-refractivity contribution < 1.29 is 4.74 Å². The molecule has 0 fully saturated rings. The van der Waals surface area contributed by atoms with Crippen molar-refractivity contribution in [2.45, 2.75) is 13.8 Å². The summed E-state index contributed by atoms with van der Waals surface area (Å²) in [7, 11) is 1.66. The van der Waals surface area contributed by atoms with Crippen molar-refractivity contribution in [2.24, 2.45) is 0 Å². The third kappa shape index (κ3) is 3.36. The lowest BCUT2D eigenvalue weighted by Gasteiger charge is -2.21. The van der Waals surface area contributed by atoms with Crippen LogP contribution in [0.4, 0.5) is 5.82 Å². The molecule has 0 saturated carbocycles. The number of anilines is 1. The van der Waals surface area contributed by atoms with Crippen molar-refractivity contribution in [3.8, 4) is 0 Å². The predicted molar refractivity (Wildman–Crippen MR) is 59.4 cm³/mol. The Balaban J connectivity index is 2.86. The number of rotatable bonds is 5. The maximum Gasteiger partial charge on any atom is 0.252 e. The minimum atomic E-state index is -0.117. The number of nitrogens with zero attached hydrogens (tertiary/aromatic N) is 2. The first-order valence-electron chi connectivity index (χ1n) is 4.99. The van der Waals surface area contributed by atoms with Crippen LogP contribution in [-0.2, 0) is 4.74 Å². The Morgan fingerprint density at radius 1 is 1.60 bits per heavy atom. The van der Waals surface area contributed by atoms with E-state index in [1.54, 1.807) is 14.0 Å². The lowest BCUT2D eigenvalue weighted by atomic mass is 10.4. The Kier molecular flexibility index (Phi) is 4.30. The van der Waals surface area contributed by atoms with E-state index in [2.05, 4.69) is 9.97 Å². The molecular weight excluding hydrogens is 194 g/mol. The molecule has 1 aromatic rings. The molecule has 0 aliphatic carbocycles. The van der Waals surface area contributed by atoms with Crippen molar-refractivity contribution in [3.05, 3.63) is 22.2 Å².